The summed E-state index contributed by atoms with van der Waals surface area (Å²) in [6.45, 7) is 3.43. The molecule has 4 aliphatic rings. The first-order chi connectivity index (χ1) is 28.0. The molecule has 6 rings (SSSR count). The number of halogens is 5. The number of alkyl halides is 4. The van der Waals surface area contributed by atoms with Gasteiger partial charge >= 0.3 is 12.3 Å². The minimum Gasteiger partial charge on any atom is -0.481 e. The zero-order chi connectivity index (χ0) is 44.0. The number of benzene rings is 1. The van der Waals surface area contributed by atoms with Gasteiger partial charge in [-0.2, -0.15) is 18.2 Å². The van der Waals surface area contributed by atoms with Gasteiger partial charge in [0.05, 0.1) is 13.7 Å². The lowest BCUT2D eigenvalue weighted by Gasteiger charge is -2.29. The zero-order valence-electron chi connectivity index (χ0n) is 33.7. The fourth-order valence-corrected chi connectivity index (χ4v) is 9.05. The van der Waals surface area contributed by atoms with E-state index in [4.69, 9.17) is 9.47 Å². The van der Waals surface area contributed by atoms with Gasteiger partial charge in [0.1, 0.15) is 34.9 Å². The van der Waals surface area contributed by atoms with Gasteiger partial charge in [-0.15, -0.1) is 0 Å². The number of carbonyl (C=O) groups excluding carboxylic acids is 4. The van der Waals surface area contributed by atoms with E-state index in [0.717, 1.165) is 11.1 Å². The average molecular weight is 870 g/mol. The predicted molar refractivity (Wildman–Crippen MR) is 206 cm³/mol. The second-order valence-corrected chi connectivity index (χ2v) is 18.8. The second kappa shape index (κ2) is 16.5. The largest absolute Gasteiger partial charge is 0.481 e. The molecule has 1 saturated heterocycles. The Kier molecular flexibility index (Phi) is 12.2. The molecule has 0 radical (unpaired) electrons. The van der Waals surface area contributed by atoms with Crippen molar-refractivity contribution in [2.24, 2.45) is 17.8 Å². The molecule has 328 valence electrons. The third kappa shape index (κ3) is 9.02. The Morgan fingerprint density at radius 1 is 1.12 bits per heavy atom. The molecule has 0 bridgehead atoms. The molecule has 60 heavy (non-hydrogen) atoms. The number of sulfonamides is 1. The molecular formula is C40H48F5N5O9S. The van der Waals surface area contributed by atoms with Crippen LogP contribution < -0.4 is 24.8 Å². The van der Waals surface area contributed by atoms with Crippen molar-refractivity contribution in [3.63, 3.8) is 0 Å². The minimum absolute atomic E-state index is 0.00582. The van der Waals surface area contributed by atoms with Crippen LogP contribution in [0.5, 0.6) is 11.8 Å². The number of nitrogens with zero attached hydrogens (tertiary/aromatic N) is 2. The Bertz CT molecular complexity index is 2210. The van der Waals surface area contributed by atoms with E-state index in [2.05, 4.69) is 20.4 Å². The molecule has 2 saturated carbocycles. The highest BCUT2D eigenvalue weighted by molar-refractivity contribution is 7.91. The highest BCUT2D eigenvalue weighted by atomic mass is 32.2. The molecule has 2 aliphatic carbocycles. The van der Waals surface area contributed by atoms with E-state index in [1.165, 1.54) is 31.4 Å². The lowest BCUT2D eigenvalue weighted by Crippen LogP contribution is -2.57. The standard InChI is InChI=1S/C40H48F5N5O9S/c1-22-8-6-7-9-25-18-39(25,35(53)49-60(55,56)38(21-41)12-13-38)48-32(51)30-17-27(58-33-28-11-10-26(42)15-24(28)16-31(47-33)57-5)20-50(30)34(52)29(23(2)14-22)19-46-36(54)59-37(3,4)40(43,44)45/h7,9-11,15-16,19,22-23,25,27,30H,6,8,12-14,17-18,20-21H2,1-5H3,(H,46,54)(H,48,51)(H,49,53). The number of hydrogen-bond donors (Lipinski definition) is 3. The molecule has 3 heterocycles. The quantitative estimate of drug-likeness (QED) is 0.165. The number of rotatable bonds is 9. The number of aromatic nitrogens is 1. The molecule has 1 aromatic heterocycles. The highest BCUT2D eigenvalue weighted by Gasteiger charge is 2.64. The summed E-state index contributed by atoms with van der Waals surface area (Å²) < 4.78 is 112. The molecule has 1 aromatic carbocycles. The second-order valence-electron chi connectivity index (χ2n) is 16.7. The van der Waals surface area contributed by atoms with Crippen LogP contribution in [0.25, 0.3) is 10.8 Å². The summed E-state index contributed by atoms with van der Waals surface area (Å²) in [5, 5.41) is 5.60. The van der Waals surface area contributed by atoms with E-state index >= 15 is 0 Å². The van der Waals surface area contributed by atoms with Gasteiger partial charge in [0.25, 0.3) is 11.8 Å². The number of allylic oxidation sites excluding steroid dienone is 1. The molecule has 14 nitrogen and oxygen atoms in total. The van der Waals surface area contributed by atoms with Crippen LogP contribution in [0.4, 0.5) is 26.7 Å². The fourth-order valence-electron chi connectivity index (χ4n) is 7.63. The Labute approximate surface area is 343 Å². The third-order valence-corrected chi connectivity index (χ3v) is 13.9. The Hall–Kier alpha value is -5.01. The number of amides is 4. The van der Waals surface area contributed by atoms with Crippen LogP contribution >= 0.6 is 0 Å². The van der Waals surface area contributed by atoms with Crippen LogP contribution in [0.2, 0.25) is 0 Å². The lowest BCUT2D eigenvalue weighted by atomic mass is 9.88. The Morgan fingerprint density at radius 2 is 1.83 bits per heavy atom. The molecule has 20 heteroatoms. The molecule has 0 spiro atoms. The molecule has 3 fully saturated rings. The van der Waals surface area contributed by atoms with Gasteiger partial charge in [0, 0.05) is 35.6 Å². The first kappa shape index (κ1) is 44.5. The average Bonchev–Trinajstić information content (AvgIpc) is 4.07. The lowest BCUT2D eigenvalue weighted by molar-refractivity contribution is -0.243. The van der Waals surface area contributed by atoms with Gasteiger partial charge in [-0.05, 0) is 87.8 Å². The third-order valence-electron chi connectivity index (χ3n) is 11.8. The summed E-state index contributed by atoms with van der Waals surface area (Å²) in [4.78, 5) is 61.4. The highest BCUT2D eigenvalue weighted by Crippen LogP contribution is 2.48. The summed E-state index contributed by atoms with van der Waals surface area (Å²) in [5.74, 6) is -4.59. The fraction of sp³-hybridized carbons (Fsp3) is 0.575. The smallest absolute Gasteiger partial charge is 0.427 e. The van der Waals surface area contributed by atoms with Crippen molar-refractivity contribution >= 4 is 44.6 Å². The number of carbonyl (C=O) groups is 4. The van der Waals surface area contributed by atoms with Crippen LogP contribution in [0.15, 0.2) is 48.2 Å². The van der Waals surface area contributed by atoms with Gasteiger partial charge < -0.3 is 24.4 Å². The van der Waals surface area contributed by atoms with E-state index in [1.807, 2.05) is 11.6 Å². The summed E-state index contributed by atoms with van der Waals surface area (Å²) in [6, 6.07) is 3.93. The number of fused-ring (bicyclic) bond motifs is 3. The SMILES string of the molecule is COc1cc2cc(F)ccc2c(OC2CC3C(=O)NC4(C(=O)NS(=O)(=O)C5(CF)CC5)CC4C=CCCC(C)CC(C)C(=CNC(=O)OC(C)(C)C(F)(F)F)C(=O)N3C2)n1. The van der Waals surface area contributed by atoms with E-state index in [9.17, 15) is 49.5 Å². The van der Waals surface area contributed by atoms with Crippen molar-refractivity contribution in [2.45, 2.75) is 107 Å². The van der Waals surface area contributed by atoms with Crippen LogP contribution in [-0.2, 0) is 29.1 Å². The Morgan fingerprint density at radius 3 is 2.48 bits per heavy atom. The minimum atomic E-state index is -4.92. The molecular weight excluding hydrogens is 822 g/mol. The maximum atomic E-state index is 14.7. The summed E-state index contributed by atoms with van der Waals surface area (Å²) >= 11 is 0. The van der Waals surface area contributed by atoms with E-state index < -0.39 is 92.4 Å². The van der Waals surface area contributed by atoms with Crippen LogP contribution in [0.1, 0.15) is 72.6 Å². The summed E-state index contributed by atoms with van der Waals surface area (Å²) in [7, 11) is -3.14. The van der Waals surface area contributed by atoms with Gasteiger partial charge in [-0.3, -0.25) is 24.4 Å². The summed E-state index contributed by atoms with van der Waals surface area (Å²) in [5.41, 5.74) is -4.75. The maximum Gasteiger partial charge on any atom is 0.427 e. The number of alkyl carbamates (subject to hydrolysis) is 1. The van der Waals surface area contributed by atoms with Crippen molar-refractivity contribution < 1.29 is 63.8 Å². The first-order valence-electron chi connectivity index (χ1n) is 19.5. The maximum absolute atomic E-state index is 14.7. The van der Waals surface area contributed by atoms with E-state index in [1.54, 1.807) is 19.1 Å². The van der Waals surface area contributed by atoms with Gasteiger partial charge in [0.15, 0.2) is 0 Å². The number of pyridine rings is 1. The van der Waals surface area contributed by atoms with E-state index in [-0.39, 0.29) is 55.5 Å². The van der Waals surface area contributed by atoms with Crippen molar-refractivity contribution in [1.29, 1.82) is 0 Å². The Balaban J connectivity index is 1.37. The summed E-state index contributed by atoms with van der Waals surface area (Å²) in [6.07, 6.45) is -1.69. The number of hydrogen-bond acceptors (Lipinski definition) is 10. The first-order valence-corrected chi connectivity index (χ1v) is 21.0. The number of ether oxygens (including phenoxy) is 3. The molecule has 6 unspecified atom stereocenters. The van der Waals surface area contributed by atoms with Crippen LogP contribution in [0, 0.1) is 23.6 Å². The predicted octanol–water partition coefficient (Wildman–Crippen LogP) is 5.52. The molecule has 3 N–H and O–H groups in total. The van der Waals surface area contributed by atoms with Crippen molar-refractivity contribution in [1.82, 2.24) is 25.2 Å². The number of nitrogens with one attached hydrogen (secondary N) is 3. The van der Waals surface area contributed by atoms with Crippen molar-refractivity contribution in [3.8, 4) is 11.8 Å². The zero-order valence-corrected chi connectivity index (χ0v) is 34.5. The normalized spacial score (nSPS) is 27.8. The van der Waals surface area contributed by atoms with Crippen molar-refractivity contribution in [3.05, 3.63) is 54.0 Å². The topological polar surface area (TPSA) is 182 Å². The van der Waals surface area contributed by atoms with Crippen LogP contribution in [-0.4, -0.2) is 96.7 Å². The van der Waals surface area contributed by atoms with Gasteiger partial charge in [0.2, 0.25) is 33.3 Å². The molecule has 2 aliphatic heterocycles. The molecule has 4 amide bonds. The van der Waals surface area contributed by atoms with Gasteiger partial charge in [-0.25, -0.2) is 22.0 Å². The van der Waals surface area contributed by atoms with Gasteiger partial charge in [-0.1, -0.05) is 26.0 Å². The van der Waals surface area contributed by atoms with Crippen LogP contribution in [0.3, 0.4) is 0 Å². The molecule has 6 atom stereocenters. The molecule has 2 aromatic rings. The van der Waals surface area contributed by atoms with Crippen molar-refractivity contribution in [2.75, 3.05) is 20.3 Å². The monoisotopic (exact) mass is 869 g/mol. The number of methoxy groups -OCH3 is 1. The van der Waals surface area contributed by atoms with E-state index in [0.29, 0.717) is 43.9 Å².